The number of carbonyl (C=O) groups excluding carboxylic acids is 1. The lowest BCUT2D eigenvalue weighted by Crippen LogP contribution is -2.12. The first-order valence-corrected chi connectivity index (χ1v) is 7.61. The molecule has 0 spiro atoms. The van der Waals surface area contributed by atoms with Crippen LogP contribution in [0.4, 0.5) is 5.82 Å². The normalized spacial score (nSPS) is 11.9. The van der Waals surface area contributed by atoms with Crippen LogP contribution in [-0.2, 0) is 4.79 Å². The maximum atomic E-state index is 11.4. The van der Waals surface area contributed by atoms with Crippen LogP contribution in [0.1, 0.15) is 24.1 Å². The molecule has 0 fully saturated rings. The van der Waals surface area contributed by atoms with Gasteiger partial charge in [0.15, 0.2) is 0 Å². The highest BCUT2D eigenvalue weighted by molar-refractivity contribution is 6.18. The average Bonchev–Trinajstić information content (AvgIpc) is 2.61. The number of fused-ring (bicyclic) bond motifs is 1. The minimum Gasteiger partial charge on any atom is -0.366 e. The summed E-state index contributed by atoms with van der Waals surface area (Å²) in [6, 6.07) is 15.6. The first kappa shape index (κ1) is 15.7. The fraction of sp³-hybridized carbons (Fsp3) is 0.105. The number of nitrogens with two attached hydrogens (primary N) is 1. The van der Waals surface area contributed by atoms with Crippen LogP contribution in [0.15, 0.2) is 61.4 Å². The second-order valence-corrected chi connectivity index (χ2v) is 5.57. The third-order valence-electron chi connectivity index (χ3n) is 3.93. The maximum Gasteiger partial charge on any atom is 0.248 e. The third-order valence-corrected chi connectivity index (χ3v) is 3.93. The molecule has 5 heteroatoms. The minimum absolute atomic E-state index is 0.0762. The van der Waals surface area contributed by atoms with Gasteiger partial charge in [-0.3, -0.25) is 4.79 Å². The molecule has 0 saturated carbocycles. The molecule has 0 aliphatic rings. The molecule has 1 aromatic heterocycles. The van der Waals surface area contributed by atoms with Crippen LogP contribution >= 0.6 is 0 Å². The highest BCUT2D eigenvalue weighted by Gasteiger charge is 2.12. The number of hydrogen-bond donors (Lipinski definition) is 2. The monoisotopic (exact) mass is 318 g/mol. The molecule has 24 heavy (non-hydrogen) atoms. The van der Waals surface area contributed by atoms with Gasteiger partial charge in [-0.05, 0) is 30.2 Å². The summed E-state index contributed by atoms with van der Waals surface area (Å²) in [5.74, 6) is 0.161. The van der Waals surface area contributed by atoms with E-state index < -0.39 is 5.91 Å². The van der Waals surface area contributed by atoms with Crippen molar-refractivity contribution in [1.82, 2.24) is 9.97 Å². The number of nitrogens with zero attached hydrogens (tertiary/aromatic N) is 2. The molecule has 120 valence electrons. The van der Waals surface area contributed by atoms with Crippen molar-refractivity contribution >= 4 is 28.2 Å². The van der Waals surface area contributed by atoms with Crippen molar-refractivity contribution in [3.8, 4) is 0 Å². The largest absolute Gasteiger partial charge is 0.366 e. The quantitative estimate of drug-likeness (QED) is 0.707. The molecule has 5 nitrogen and oxygen atoms in total. The Morgan fingerprint density at radius 1 is 1.17 bits per heavy atom. The van der Waals surface area contributed by atoms with Crippen molar-refractivity contribution < 1.29 is 4.79 Å². The Morgan fingerprint density at radius 2 is 1.92 bits per heavy atom. The first-order valence-electron chi connectivity index (χ1n) is 7.61. The predicted octanol–water partition coefficient (Wildman–Crippen LogP) is 3.30. The number of anilines is 1. The molecule has 0 aliphatic heterocycles. The zero-order valence-electron chi connectivity index (χ0n) is 13.4. The molecule has 1 unspecified atom stereocenters. The number of rotatable bonds is 5. The van der Waals surface area contributed by atoms with Gasteiger partial charge in [-0.1, -0.05) is 43.0 Å². The zero-order chi connectivity index (χ0) is 17.1. The highest BCUT2D eigenvalue weighted by atomic mass is 16.1. The molecule has 1 heterocycles. The van der Waals surface area contributed by atoms with Crippen molar-refractivity contribution in [2.75, 3.05) is 5.32 Å². The summed E-state index contributed by atoms with van der Waals surface area (Å²) in [4.78, 5) is 20.0. The van der Waals surface area contributed by atoms with Crippen LogP contribution in [0.2, 0.25) is 0 Å². The molecule has 1 atom stereocenters. The van der Waals surface area contributed by atoms with E-state index in [1.807, 2.05) is 30.3 Å². The fourth-order valence-corrected chi connectivity index (χ4v) is 2.53. The summed E-state index contributed by atoms with van der Waals surface area (Å²) in [5, 5.41) is 4.22. The standard InChI is InChI=1S/C19H18N4O/c1-12(18(20)24)15-8-9-17-16(10-15)19(22-11-21-17)23-13(2)14-6-4-3-5-7-14/h3-11,13H,1H2,2H3,(H2,20,24)(H,21,22,23). The summed E-state index contributed by atoms with van der Waals surface area (Å²) in [6.45, 7) is 5.80. The van der Waals surface area contributed by atoms with Crippen molar-refractivity contribution in [2.24, 2.45) is 5.73 Å². The zero-order valence-corrected chi connectivity index (χ0v) is 13.4. The van der Waals surface area contributed by atoms with E-state index in [1.165, 1.54) is 6.33 Å². The molecule has 1 amide bonds. The van der Waals surface area contributed by atoms with Gasteiger partial charge in [-0.2, -0.15) is 0 Å². The van der Waals surface area contributed by atoms with E-state index in [0.29, 0.717) is 11.4 Å². The van der Waals surface area contributed by atoms with E-state index in [-0.39, 0.29) is 11.6 Å². The number of benzene rings is 2. The number of nitrogens with one attached hydrogen (secondary N) is 1. The lowest BCUT2D eigenvalue weighted by Gasteiger charge is -2.16. The van der Waals surface area contributed by atoms with Gasteiger partial charge in [0.25, 0.3) is 0 Å². The molecule has 0 radical (unpaired) electrons. The number of primary amides is 1. The van der Waals surface area contributed by atoms with Gasteiger partial charge in [-0.15, -0.1) is 0 Å². The van der Waals surface area contributed by atoms with E-state index >= 15 is 0 Å². The van der Waals surface area contributed by atoms with Gasteiger partial charge < -0.3 is 11.1 Å². The van der Waals surface area contributed by atoms with Crippen molar-refractivity contribution in [2.45, 2.75) is 13.0 Å². The topological polar surface area (TPSA) is 80.9 Å². The Morgan fingerprint density at radius 3 is 2.62 bits per heavy atom. The lowest BCUT2D eigenvalue weighted by atomic mass is 10.0. The first-order chi connectivity index (χ1) is 11.6. The van der Waals surface area contributed by atoms with Crippen LogP contribution < -0.4 is 11.1 Å². The Hall–Kier alpha value is -3.21. The Balaban J connectivity index is 1.99. The number of amides is 1. The van der Waals surface area contributed by atoms with Crippen LogP contribution in [0.25, 0.3) is 16.5 Å². The van der Waals surface area contributed by atoms with Crippen LogP contribution in [0, 0.1) is 0 Å². The molecule has 0 aliphatic carbocycles. The van der Waals surface area contributed by atoms with E-state index in [4.69, 9.17) is 5.73 Å². The smallest absolute Gasteiger partial charge is 0.248 e. The fourth-order valence-electron chi connectivity index (χ4n) is 2.53. The van der Waals surface area contributed by atoms with Crippen LogP contribution in [0.3, 0.4) is 0 Å². The predicted molar refractivity (Wildman–Crippen MR) is 96.2 cm³/mol. The average molecular weight is 318 g/mol. The summed E-state index contributed by atoms with van der Waals surface area (Å²) < 4.78 is 0. The van der Waals surface area contributed by atoms with Gasteiger partial charge in [-0.25, -0.2) is 9.97 Å². The Labute approximate surface area is 140 Å². The highest BCUT2D eigenvalue weighted by Crippen LogP contribution is 2.26. The van der Waals surface area contributed by atoms with Crippen LogP contribution in [0.5, 0.6) is 0 Å². The second kappa shape index (κ2) is 6.50. The van der Waals surface area contributed by atoms with Crippen molar-refractivity contribution in [3.05, 3.63) is 72.6 Å². The number of hydrogen-bond acceptors (Lipinski definition) is 4. The summed E-state index contributed by atoms with van der Waals surface area (Å²) in [6.07, 6.45) is 1.52. The van der Waals surface area contributed by atoms with E-state index in [0.717, 1.165) is 16.5 Å². The maximum absolute atomic E-state index is 11.4. The Kier molecular flexibility index (Phi) is 4.24. The SMILES string of the molecule is C=C(C(N)=O)c1ccc2ncnc(NC(C)c3ccccc3)c2c1. The lowest BCUT2D eigenvalue weighted by molar-refractivity contribution is -0.112. The molecule has 0 saturated heterocycles. The minimum atomic E-state index is -0.543. The summed E-state index contributed by atoms with van der Waals surface area (Å²) >= 11 is 0. The third kappa shape index (κ3) is 3.10. The van der Waals surface area contributed by atoms with E-state index in [9.17, 15) is 4.79 Å². The Bertz CT molecular complexity index is 906. The second-order valence-electron chi connectivity index (χ2n) is 5.57. The van der Waals surface area contributed by atoms with Gasteiger partial charge in [0.2, 0.25) is 5.91 Å². The number of carbonyl (C=O) groups is 1. The molecular formula is C19H18N4O. The molecule has 2 aromatic carbocycles. The summed E-state index contributed by atoms with van der Waals surface area (Å²) in [7, 11) is 0. The summed E-state index contributed by atoms with van der Waals surface area (Å²) in [5.41, 5.74) is 8.20. The van der Waals surface area contributed by atoms with Crippen LogP contribution in [-0.4, -0.2) is 15.9 Å². The van der Waals surface area contributed by atoms with Gasteiger partial charge in [0.05, 0.1) is 5.52 Å². The van der Waals surface area contributed by atoms with Gasteiger partial charge in [0.1, 0.15) is 12.1 Å². The van der Waals surface area contributed by atoms with Crippen molar-refractivity contribution in [3.63, 3.8) is 0 Å². The van der Waals surface area contributed by atoms with E-state index in [2.05, 4.69) is 40.9 Å². The van der Waals surface area contributed by atoms with E-state index in [1.54, 1.807) is 6.07 Å². The molecule has 0 bridgehead atoms. The van der Waals surface area contributed by atoms with Gasteiger partial charge >= 0.3 is 0 Å². The van der Waals surface area contributed by atoms with Crippen molar-refractivity contribution in [1.29, 1.82) is 0 Å². The van der Waals surface area contributed by atoms with Gasteiger partial charge in [0, 0.05) is 17.0 Å². The molecular weight excluding hydrogens is 300 g/mol. The molecule has 3 aromatic rings. The molecule has 3 rings (SSSR count). The molecule has 3 N–H and O–H groups in total. The number of aromatic nitrogens is 2.